The molecular formula is C15H19FN2. The predicted octanol–water partition coefficient (Wildman–Crippen LogP) is 3.31. The summed E-state index contributed by atoms with van der Waals surface area (Å²) in [4.78, 5) is 0. The number of nitrogens with zero attached hydrogens (tertiary/aromatic N) is 1. The molecule has 1 fully saturated rings. The Morgan fingerprint density at radius 2 is 2.06 bits per heavy atom. The van der Waals surface area contributed by atoms with Gasteiger partial charge in [-0.25, -0.2) is 4.39 Å². The van der Waals surface area contributed by atoms with E-state index >= 15 is 0 Å². The third-order valence-corrected chi connectivity index (χ3v) is 3.87. The molecule has 18 heavy (non-hydrogen) atoms. The lowest BCUT2D eigenvalue weighted by atomic mass is 10.2. The Labute approximate surface area is 107 Å². The molecule has 1 aromatic carbocycles. The first kappa shape index (κ1) is 11.7. The number of fused-ring (bicyclic) bond motifs is 1. The molecule has 3 rings (SSSR count). The van der Waals surface area contributed by atoms with Crippen molar-refractivity contribution in [3.05, 3.63) is 36.3 Å². The Balaban J connectivity index is 1.63. The highest BCUT2D eigenvalue weighted by atomic mass is 19.1. The van der Waals surface area contributed by atoms with Crippen molar-refractivity contribution in [2.45, 2.75) is 38.3 Å². The zero-order valence-electron chi connectivity index (χ0n) is 10.5. The first-order chi connectivity index (χ1) is 8.83. The third kappa shape index (κ3) is 2.41. The van der Waals surface area contributed by atoms with Gasteiger partial charge in [0, 0.05) is 36.2 Å². The van der Waals surface area contributed by atoms with E-state index in [0.717, 1.165) is 24.0 Å². The molecule has 0 atom stereocenters. The van der Waals surface area contributed by atoms with Crippen LogP contribution in [0.1, 0.15) is 25.7 Å². The van der Waals surface area contributed by atoms with Crippen LogP contribution in [0.3, 0.4) is 0 Å². The molecule has 0 saturated heterocycles. The van der Waals surface area contributed by atoms with Crippen molar-refractivity contribution in [3.8, 4) is 0 Å². The Morgan fingerprint density at radius 1 is 1.22 bits per heavy atom. The summed E-state index contributed by atoms with van der Waals surface area (Å²) < 4.78 is 15.3. The van der Waals surface area contributed by atoms with E-state index in [-0.39, 0.29) is 5.82 Å². The molecule has 96 valence electrons. The van der Waals surface area contributed by atoms with Crippen molar-refractivity contribution in [3.63, 3.8) is 0 Å². The van der Waals surface area contributed by atoms with Gasteiger partial charge in [-0.2, -0.15) is 0 Å². The number of hydrogen-bond acceptors (Lipinski definition) is 1. The molecule has 0 aliphatic heterocycles. The minimum absolute atomic E-state index is 0.163. The van der Waals surface area contributed by atoms with Crippen molar-refractivity contribution < 1.29 is 4.39 Å². The Bertz CT molecular complexity index is 526. The average Bonchev–Trinajstić information content (AvgIpc) is 2.99. The lowest BCUT2D eigenvalue weighted by Gasteiger charge is -2.12. The first-order valence-corrected chi connectivity index (χ1v) is 6.81. The molecule has 0 amide bonds. The van der Waals surface area contributed by atoms with Crippen molar-refractivity contribution in [1.29, 1.82) is 0 Å². The van der Waals surface area contributed by atoms with E-state index in [9.17, 15) is 4.39 Å². The van der Waals surface area contributed by atoms with Gasteiger partial charge in [-0.1, -0.05) is 12.8 Å². The van der Waals surface area contributed by atoms with Gasteiger partial charge in [-0.05, 0) is 37.1 Å². The van der Waals surface area contributed by atoms with E-state index in [0.29, 0.717) is 6.04 Å². The van der Waals surface area contributed by atoms with Gasteiger partial charge in [0.2, 0.25) is 0 Å². The summed E-state index contributed by atoms with van der Waals surface area (Å²) in [7, 11) is 0. The van der Waals surface area contributed by atoms with Gasteiger partial charge in [0.25, 0.3) is 0 Å². The van der Waals surface area contributed by atoms with Crippen molar-refractivity contribution in [1.82, 2.24) is 9.88 Å². The van der Waals surface area contributed by atoms with Crippen molar-refractivity contribution in [2.24, 2.45) is 0 Å². The van der Waals surface area contributed by atoms with Crippen LogP contribution < -0.4 is 5.32 Å². The van der Waals surface area contributed by atoms with E-state index in [2.05, 4.69) is 9.88 Å². The first-order valence-electron chi connectivity index (χ1n) is 6.81. The fourth-order valence-electron chi connectivity index (χ4n) is 2.89. The molecule has 0 bridgehead atoms. The van der Waals surface area contributed by atoms with Crippen LogP contribution in [0.4, 0.5) is 4.39 Å². The zero-order chi connectivity index (χ0) is 12.4. The summed E-state index contributed by atoms with van der Waals surface area (Å²) in [6, 6.07) is 7.68. The maximum absolute atomic E-state index is 13.1. The molecule has 0 radical (unpaired) electrons. The molecule has 3 heteroatoms. The van der Waals surface area contributed by atoms with E-state index in [1.807, 2.05) is 18.3 Å². The zero-order valence-corrected chi connectivity index (χ0v) is 10.5. The van der Waals surface area contributed by atoms with Gasteiger partial charge in [-0.3, -0.25) is 0 Å². The molecule has 1 aliphatic carbocycles. The fraction of sp³-hybridized carbons (Fsp3) is 0.467. The van der Waals surface area contributed by atoms with Gasteiger partial charge >= 0.3 is 0 Å². The highest BCUT2D eigenvalue weighted by molar-refractivity contribution is 5.80. The number of aromatic nitrogens is 1. The number of rotatable bonds is 4. The summed E-state index contributed by atoms with van der Waals surface area (Å²) in [6.07, 6.45) is 7.41. The fourth-order valence-corrected chi connectivity index (χ4v) is 2.89. The second-order valence-corrected chi connectivity index (χ2v) is 5.15. The van der Waals surface area contributed by atoms with Crippen molar-refractivity contribution >= 4 is 10.9 Å². The third-order valence-electron chi connectivity index (χ3n) is 3.87. The summed E-state index contributed by atoms with van der Waals surface area (Å²) in [5.41, 5.74) is 1.12. The molecule has 1 aliphatic rings. The van der Waals surface area contributed by atoms with Crippen LogP contribution in [0.25, 0.3) is 10.9 Å². The van der Waals surface area contributed by atoms with Gasteiger partial charge < -0.3 is 9.88 Å². The summed E-state index contributed by atoms with van der Waals surface area (Å²) in [5.74, 6) is -0.163. The molecule has 1 saturated carbocycles. The van der Waals surface area contributed by atoms with E-state index in [1.165, 1.54) is 31.7 Å². The van der Waals surface area contributed by atoms with E-state index in [1.54, 1.807) is 6.07 Å². The van der Waals surface area contributed by atoms with Crippen LogP contribution in [-0.2, 0) is 6.54 Å². The maximum Gasteiger partial charge on any atom is 0.123 e. The van der Waals surface area contributed by atoms with E-state index < -0.39 is 0 Å². The normalized spacial score (nSPS) is 16.7. The lowest BCUT2D eigenvalue weighted by Crippen LogP contribution is -2.29. The molecule has 1 heterocycles. The Kier molecular flexibility index (Phi) is 3.33. The van der Waals surface area contributed by atoms with Gasteiger partial charge in [0.1, 0.15) is 5.82 Å². The van der Waals surface area contributed by atoms with Gasteiger partial charge in [-0.15, -0.1) is 0 Å². The van der Waals surface area contributed by atoms with Crippen LogP contribution in [0.2, 0.25) is 0 Å². The largest absolute Gasteiger partial charge is 0.346 e. The minimum Gasteiger partial charge on any atom is -0.346 e. The Morgan fingerprint density at radius 3 is 2.89 bits per heavy atom. The van der Waals surface area contributed by atoms with E-state index in [4.69, 9.17) is 0 Å². The molecule has 2 nitrogen and oxygen atoms in total. The number of benzene rings is 1. The van der Waals surface area contributed by atoms with Crippen molar-refractivity contribution in [2.75, 3.05) is 6.54 Å². The predicted molar refractivity (Wildman–Crippen MR) is 72.2 cm³/mol. The second kappa shape index (κ2) is 5.11. The minimum atomic E-state index is -0.163. The number of hydrogen-bond donors (Lipinski definition) is 1. The van der Waals surface area contributed by atoms with Gasteiger partial charge in [0.05, 0.1) is 0 Å². The van der Waals surface area contributed by atoms with Crippen LogP contribution in [0.5, 0.6) is 0 Å². The highest BCUT2D eigenvalue weighted by Crippen LogP contribution is 2.18. The van der Waals surface area contributed by atoms with Gasteiger partial charge in [0.15, 0.2) is 0 Å². The maximum atomic E-state index is 13.1. The molecule has 2 aromatic rings. The average molecular weight is 246 g/mol. The number of nitrogens with one attached hydrogen (secondary N) is 1. The topological polar surface area (TPSA) is 17.0 Å². The van der Waals surface area contributed by atoms with Crippen LogP contribution in [-0.4, -0.2) is 17.2 Å². The van der Waals surface area contributed by atoms with Crippen LogP contribution >= 0.6 is 0 Å². The molecule has 1 N–H and O–H groups in total. The summed E-state index contributed by atoms with van der Waals surface area (Å²) in [6.45, 7) is 1.94. The monoisotopic (exact) mass is 246 g/mol. The highest BCUT2D eigenvalue weighted by Gasteiger charge is 2.13. The number of halogens is 1. The molecular weight excluding hydrogens is 227 g/mol. The second-order valence-electron chi connectivity index (χ2n) is 5.15. The molecule has 0 unspecified atom stereocenters. The lowest BCUT2D eigenvalue weighted by molar-refractivity contribution is 0.501. The molecule has 1 aromatic heterocycles. The smallest absolute Gasteiger partial charge is 0.123 e. The SMILES string of the molecule is Fc1ccc2c(ccn2CCNC2CCCC2)c1. The Hall–Kier alpha value is -1.35. The van der Waals surface area contributed by atoms with Crippen LogP contribution in [0.15, 0.2) is 30.5 Å². The standard InChI is InChI=1S/C15H19FN2/c16-13-5-6-15-12(11-13)7-9-18(15)10-8-17-14-3-1-2-4-14/h5-7,9,11,14,17H,1-4,8,10H2. The van der Waals surface area contributed by atoms with Crippen LogP contribution in [0, 0.1) is 5.82 Å². The summed E-state index contributed by atoms with van der Waals surface area (Å²) >= 11 is 0. The quantitative estimate of drug-likeness (QED) is 0.875. The molecule has 0 spiro atoms. The summed E-state index contributed by atoms with van der Waals surface area (Å²) in [5, 5.41) is 4.58.